The van der Waals surface area contributed by atoms with Crippen molar-refractivity contribution in [2.45, 2.75) is 19.4 Å². The van der Waals surface area contributed by atoms with Crippen LogP contribution in [0.15, 0.2) is 30.3 Å². The Morgan fingerprint density at radius 2 is 1.95 bits per heavy atom. The molecule has 0 unspecified atom stereocenters. The molecule has 0 bridgehead atoms. The normalized spacial score (nSPS) is 10.9. The first-order chi connectivity index (χ1) is 9.02. The quantitative estimate of drug-likeness (QED) is 0.368. The van der Waals surface area contributed by atoms with Crippen LogP contribution in [0.1, 0.15) is 12.5 Å². The minimum atomic E-state index is -1.08. The van der Waals surface area contributed by atoms with E-state index in [0.717, 1.165) is 5.56 Å². The van der Waals surface area contributed by atoms with E-state index in [1.807, 2.05) is 6.07 Å². The van der Waals surface area contributed by atoms with Crippen molar-refractivity contribution >= 4 is 17.8 Å². The Hall–Kier alpha value is -2.61. The van der Waals surface area contributed by atoms with Gasteiger partial charge in [-0.1, -0.05) is 30.3 Å². The van der Waals surface area contributed by atoms with Gasteiger partial charge in [0, 0.05) is 19.3 Å². The zero-order valence-electron chi connectivity index (χ0n) is 10.4. The maximum atomic E-state index is 11.7. The zero-order valence-corrected chi connectivity index (χ0v) is 10.4. The minimum absolute atomic E-state index is 0.219. The van der Waals surface area contributed by atoms with Crippen molar-refractivity contribution in [2.24, 2.45) is 0 Å². The first-order valence-corrected chi connectivity index (χ1v) is 5.56. The number of rotatable bonds is 4. The average molecular weight is 259 g/mol. The molecule has 1 aromatic rings. The molecule has 5 nitrogen and oxygen atoms in total. The van der Waals surface area contributed by atoms with Gasteiger partial charge in [0.2, 0.25) is 5.91 Å². The zero-order chi connectivity index (χ0) is 14.3. The van der Waals surface area contributed by atoms with Gasteiger partial charge in [0.25, 0.3) is 0 Å². The molecule has 19 heavy (non-hydrogen) atoms. The summed E-state index contributed by atoms with van der Waals surface area (Å²) in [6.45, 7) is 1.27. The molecule has 0 radical (unpaired) electrons. The summed E-state index contributed by atoms with van der Waals surface area (Å²) in [6.07, 6.45) is 5.03. The molecular weight excluding hydrogens is 246 g/mol. The Kier molecular flexibility index (Phi) is 5.30. The van der Waals surface area contributed by atoms with E-state index in [9.17, 15) is 14.4 Å². The lowest BCUT2D eigenvalue weighted by molar-refractivity contribution is -0.158. The molecule has 1 aromatic carbocycles. The van der Waals surface area contributed by atoms with E-state index in [1.54, 1.807) is 30.2 Å². The largest absolute Gasteiger partial charge is 0.391 e. The Morgan fingerprint density at radius 3 is 2.47 bits per heavy atom. The number of terminal acetylenes is 1. The smallest absolute Gasteiger partial charge is 0.382 e. The fourth-order valence-corrected chi connectivity index (χ4v) is 1.48. The third-order valence-corrected chi connectivity index (χ3v) is 2.26. The number of carbonyl (C=O) groups excluding carboxylic acids is 3. The number of hydrogen-bond donors (Lipinski definition) is 1. The summed E-state index contributed by atoms with van der Waals surface area (Å²) in [7, 11) is 0. The summed E-state index contributed by atoms with van der Waals surface area (Å²) in [5, 5.41) is 2.42. The number of esters is 2. The van der Waals surface area contributed by atoms with Crippen molar-refractivity contribution in [2.75, 3.05) is 0 Å². The minimum Gasteiger partial charge on any atom is -0.382 e. The maximum absolute atomic E-state index is 11.7. The molecule has 0 aliphatic rings. The van der Waals surface area contributed by atoms with Gasteiger partial charge in [-0.15, -0.1) is 6.42 Å². The van der Waals surface area contributed by atoms with Gasteiger partial charge in [0.15, 0.2) is 0 Å². The fraction of sp³-hybridized carbons (Fsp3) is 0.214. The Labute approximate surface area is 110 Å². The highest BCUT2D eigenvalue weighted by molar-refractivity contribution is 5.98. The molecule has 0 aliphatic carbocycles. The first kappa shape index (κ1) is 14.5. The summed E-state index contributed by atoms with van der Waals surface area (Å²) in [5.41, 5.74) is 0.825. The van der Waals surface area contributed by atoms with Crippen molar-refractivity contribution in [3.8, 4) is 12.3 Å². The van der Waals surface area contributed by atoms with E-state index in [1.165, 1.54) is 6.92 Å². The van der Waals surface area contributed by atoms with Gasteiger partial charge in [-0.3, -0.25) is 4.79 Å². The van der Waals surface area contributed by atoms with Crippen molar-refractivity contribution in [1.29, 1.82) is 0 Å². The predicted octanol–water partition coefficient (Wildman–Crippen LogP) is 0.437. The fourth-order valence-electron chi connectivity index (χ4n) is 1.48. The van der Waals surface area contributed by atoms with Gasteiger partial charge in [-0.2, -0.15) is 0 Å². The molecule has 1 N–H and O–H groups in total. The highest BCUT2D eigenvalue weighted by atomic mass is 16.6. The molecule has 5 heteroatoms. The number of hydrogen-bond acceptors (Lipinski definition) is 4. The van der Waals surface area contributed by atoms with Crippen molar-refractivity contribution in [1.82, 2.24) is 5.32 Å². The second kappa shape index (κ2) is 6.97. The summed E-state index contributed by atoms with van der Waals surface area (Å²) in [5.74, 6) is -0.673. The van der Waals surface area contributed by atoms with Crippen LogP contribution in [0.4, 0.5) is 0 Å². The second-order valence-electron chi connectivity index (χ2n) is 3.80. The highest BCUT2D eigenvalue weighted by Crippen LogP contribution is 2.05. The van der Waals surface area contributed by atoms with Crippen LogP contribution in [-0.2, 0) is 25.5 Å². The first-order valence-electron chi connectivity index (χ1n) is 5.56. The maximum Gasteiger partial charge on any atom is 0.391 e. The predicted molar refractivity (Wildman–Crippen MR) is 67.7 cm³/mol. The summed E-state index contributed by atoms with van der Waals surface area (Å²) in [6, 6.07) is 8.08. The third kappa shape index (κ3) is 5.04. The molecule has 0 heterocycles. The van der Waals surface area contributed by atoms with Crippen LogP contribution in [0, 0.1) is 12.3 Å². The monoisotopic (exact) mass is 259 g/mol. The van der Waals surface area contributed by atoms with Gasteiger partial charge in [-0.25, -0.2) is 9.59 Å². The molecule has 0 aliphatic heterocycles. The molecule has 0 saturated heterocycles. The van der Waals surface area contributed by atoms with Gasteiger partial charge in [0.05, 0.1) is 0 Å². The van der Waals surface area contributed by atoms with Crippen LogP contribution in [0.25, 0.3) is 0 Å². The van der Waals surface area contributed by atoms with E-state index in [0.29, 0.717) is 0 Å². The summed E-state index contributed by atoms with van der Waals surface area (Å²) < 4.78 is 4.41. The molecule has 1 rings (SSSR count). The number of ether oxygens (including phenoxy) is 1. The lowest BCUT2D eigenvalue weighted by Crippen LogP contribution is -2.43. The van der Waals surface area contributed by atoms with Gasteiger partial charge in [-0.05, 0) is 5.56 Å². The second-order valence-corrected chi connectivity index (χ2v) is 3.80. The topological polar surface area (TPSA) is 72.5 Å². The van der Waals surface area contributed by atoms with Crippen LogP contribution < -0.4 is 5.32 Å². The standard InChI is InChI=1S/C14H13NO4/c1-3-13(17)19-14(18)12(15-10(2)16)9-11-7-5-4-6-8-11/h1,4-8,12H,9H2,2H3,(H,15,16)/t12-/m0/s1. The van der Waals surface area contributed by atoms with Crippen molar-refractivity contribution < 1.29 is 19.1 Å². The molecule has 0 saturated carbocycles. The molecule has 1 amide bonds. The molecule has 1 atom stereocenters. The number of amides is 1. The molecule has 0 fully saturated rings. The molecule has 0 spiro atoms. The summed E-state index contributed by atoms with van der Waals surface area (Å²) >= 11 is 0. The van der Waals surface area contributed by atoms with Crippen LogP contribution in [0.5, 0.6) is 0 Å². The van der Waals surface area contributed by atoms with E-state index in [4.69, 9.17) is 6.42 Å². The molecular formula is C14H13NO4. The number of carbonyl (C=O) groups is 3. The van der Waals surface area contributed by atoms with Crippen LogP contribution in [-0.4, -0.2) is 23.9 Å². The van der Waals surface area contributed by atoms with Crippen LogP contribution >= 0.6 is 0 Å². The van der Waals surface area contributed by atoms with Crippen LogP contribution in [0.2, 0.25) is 0 Å². The van der Waals surface area contributed by atoms with Crippen molar-refractivity contribution in [3.63, 3.8) is 0 Å². The van der Waals surface area contributed by atoms with E-state index < -0.39 is 23.9 Å². The van der Waals surface area contributed by atoms with E-state index in [2.05, 4.69) is 10.1 Å². The van der Waals surface area contributed by atoms with Gasteiger partial charge >= 0.3 is 11.9 Å². The lowest BCUT2D eigenvalue weighted by atomic mass is 10.1. The average Bonchev–Trinajstić information content (AvgIpc) is 2.38. The van der Waals surface area contributed by atoms with Crippen LogP contribution in [0.3, 0.4) is 0 Å². The molecule has 0 aromatic heterocycles. The SMILES string of the molecule is C#CC(=O)OC(=O)[C@H](Cc1ccccc1)NC(C)=O. The lowest BCUT2D eigenvalue weighted by Gasteiger charge is -2.15. The molecule has 98 valence electrons. The van der Waals surface area contributed by atoms with E-state index in [-0.39, 0.29) is 6.42 Å². The summed E-state index contributed by atoms with van der Waals surface area (Å²) in [4.78, 5) is 33.6. The van der Waals surface area contributed by atoms with E-state index >= 15 is 0 Å². The number of benzene rings is 1. The highest BCUT2D eigenvalue weighted by Gasteiger charge is 2.23. The van der Waals surface area contributed by atoms with Gasteiger partial charge < -0.3 is 10.1 Å². The Bertz CT molecular complexity index is 516. The number of nitrogens with one attached hydrogen (secondary N) is 1. The Balaban J connectivity index is 2.77. The Morgan fingerprint density at radius 1 is 1.32 bits per heavy atom. The third-order valence-electron chi connectivity index (χ3n) is 2.26. The van der Waals surface area contributed by atoms with Crippen molar-refractivity contribution in [3.05, 3.63) is 35.9 Å². The van der Waals surface area contributed by atoms with Gasteiger partial charge in [0.1, 0.15) is 6.04 Å².